The van der Waals surface area contributed by atoms with E-state index >= 15 is 0 Å². The molecule has 0 heterocycles. The molecule has 0 saturated carbocycles. The van der Waals surface area contributed by atoms with Crippen molar-refractivity contribution in [3.8, 4) is 0 Å². The van der Waals surface area contributed by atoms with Crippen LogP contribution in [0.25, 0.3) is 0 Å². The Balaban J connectivity index is 3.82. The van der Waals surface area contributed by atoms with E-state index < -0.39 is 5.60 Å². The van der Waals surface area contributed by atoms with Crippen LogP contribution in [-0.2, 0) is 4.74 Å². The molecule has 0 unspecified atom stereocenters. The normalized spacial score (nSPS) is 11.0. The maximum atomic E-state index is 9.19. The molecule has 2 N–H and O–H groups in total. The molecule has 0 saturated heterocycles. The van der Waals surface area contributed by atoms with Gasteiger partial charge in [0.05, 0.1) is 5.60 Å². The van der Waals surface area contributed by atoms with E-state index in [0.29, 0.717) is 5.57 Å². The van der Waals surface area contributed by atoms with Crippen LogP contribution < -0.4 is 0 Å². The first-order chi connectivity index (χ1) is 4.83. The lowest BCUT2D eigenvalue weighted by molar-refractivity contribution is -0.0276. The second-order valence-electron chi connectivity index (χ2n) is 3.41. The summed E-state index contributed by atoms with van der Waals surface area (Å²) in [4.78, 5) is 0. The van der Waals surface area contributed by atoms with E-state index in [1.807, 2.05) is 0 Å². The van der Waals surface area contributed by atoms with Gasteiger partial charge in [-0.2, -0.15) is 0 Å². The van der Waals surface area contributed by atoms with Crippen LogP contribution in [0.1, 0.15) is 27.7 Å². The van der Waals surface area contributed by atoms with E-state index in [1.54, 1.807) is 27.7 Å². The lowest BCUT2D eigenvalue weighted by Crippen LogP contribution is -2.25. The summed E-state index contributed by atoms with van der Waals surface area (Å²) in [6, 6.07) is 0. The summed E-state index contributed by atoms with van der Waals surface area (Å²) in [5.41, 5.74) is -0.196. The maximum absolute atomic E-state index is 9.19. The average molecular weight is 160 g/mol. The van der Waals surface area contributed by atoms with Gasteiger partial charge in [-0.1, -0.05) is 0 Å². The largest absolute Gasteiger partial charge is 0.481 e. The molecule has 3 nitrogen and oxygen atoms in total. The standard InChI is InChI=1S/C8H16O3/c1-6(2)7(9)11-5-8(3,4)10/h9-10H,5H2,1-4H3. The van der Waals surface area contributed by atoms with Gasteiger partial charge in [-0.25, -0.2) is 0 Å². The highest BCUT2D eigenvalue weighted by Gasteiger charge is 2.13. The topological polar surface area (TPSA) is 49.7 Å². The van der Waals surface area contributed by atoms with Gasteiger partial charge in [-0.15, -0.1) is 0 Å². The highest BCUT2D eigenvalue weighted by atomic mass is 16.6. The molecule has 0 bridgehead atoms. The predicted molar refractivity (Wildman–Crippen MR) is 43.3 cm³/mol. The quantitative estimate of drug-likeness (QED) is 0.616. The van der Waals surface area contributed by atoms with Crippen molar-refractivity contribution in [2.24, 2.45) is 0 Å². The number of rotatable bonds is 3. The van der Waals surface area contributed by atoms with Crippen LogP contribution in [0.15, 0.2) is 11.5 Å². The molecule has 0 aliphatic heterocycles. The third-order valence-corrected chi connectivity index (χ3v) is 0.990. The van der Waals surface area contributed by atoms with Crippen molar-refractivity contribution in [2.45, 2.75) is 33.3 Å². The highest BCUT2D eigenvalue weighted by molar-refractivity contribution is 4.93. The zero-order valence-corrected chi connectivity index (χ0v) is 7.51. The molecular formula is C8H16O3. The van der Waals surface area contributed by atoms with Crippen molar-refractivity contribution in [1.82, 2.24) is 0 Å². The SMILES string of the molecule is CC(C)=C(O)OCC(C)(C)O. The number of aliphatic hydroxyl groups is 2. The summed E-state index contributed by atoms with van der Waals surface area (Å²) in [5, 5.41) is 18.2. The molecule has 0 aliphatic rings. The second kappa shape index (κ2) is 3.62. The first-order valence-electron chi connectivity index (χ1n) is 3.54. The molecule has 0 aromatic rings. The van der Waals surface area contributed by atoms with Gasteiger partial charge in [0.15, 0.2) is 0 Å². The van der Waals surface area contributed by atoms with E-state index in [0.717, 1.165) is 0 Å². The van der Waals surface area contributed by atoms with E-state index in [9.17, 15) is 5.11 Å². The Morgan fingerprint density at radius 2 is 1.82 bits per heavy atom. The minimum atomic E-state index is -0.899. The lowest BCUT2D eigenvalue weighted by Gasteiger charge is -2.17. The molecule has 0 spiro atoms. The smallest absolute Gasteiger partial charge is 0.275 e. The van der Waals surface area contributed by atoms with Crippen LogP contribution in [0.4, 0.5) is 0 Å². The van der Waals surface area contributed by atoms with Crippen LogP contribution >= 0.6 is 0 Å². The van der Waals surface area contributed by atoms with Gasteiger partial charge in [0.25, 0.3) is 5.95 Å². The third kappa shape index (κ3) is 5.73. The van der Waals surface area contributed by atoms with Crippen LogP contribution in [-0.4, -0.2) is 22.4 Å². The number of ether oxygens (including phenoxy) is 1. The van der Waals surface area contributed by atoms with Crippen molar-refractivity contribution in [3.05, 3.63) is 11.5 Å². The molecule has 0 radical (unpaired) electrons. The Labute approximate surface area is 67.3 Å². The predicted octanol–water partition coefficient (Wildman–Crippen LogP) is 1.58. The van der Waals surface area contributed by atoms with E-state index in [1.165, 1.54) is 0 Å². The second-order valence-corrected chi connectivity index (χ2v) is 3.41. The molecule has 3 heteroatoms. The van der Waals surface area contributed by atoms with Crippen molar-refractivity contribution in [1.29, 1.82) is 0 Å². The van der Waals surface area contributed by atoms with Crippen LogP contribution in [0.5, 0.6) is 0 Å². The number of hydrogen-bond acceptors (Lipinski definition) is 3. The number of aliphatic hydroxyl groups excluding tert-OH is 1. The van der Waals surface area contributed by atoms with Gasteiger partial charge in [-0.3, -0.25) is 0 Å². The molecule has 0 aromatic heterocycles. The summed E-state index contributed by atoms with van der Waals surface area (Å²) in [5.74, 6) is -0.105. The van der Waals surface area contributed by atoms with Crippen LogP contribution in [0.3, 0.4) is 0 Å². The average Bonchev–Trinajstić information content (AvgIpc) is 1.80. The minimum absolute atomic E-state index is 0.101. The fourth-order valence-electron chi connectivity index (χ4n) is 0.389. The Kier molecular flexibility index (Phi) is 3.39. The summed E-state index contributed by atoms with van der Waals surface area (Å²) < 4.78 is 4.85. The fourth-order valence-corrected chi connectivity index (χ4v) is 0.389. The molecule has 0 rings (SSSR count). The van der Waals surface area contributed by atoms with Crippen molar-refractivity contribution in [3.63, 3.8) is 0 Å². The summed E-state index contributed by atoms with van der Waals surface area (Å²) in [6.07, 6.45) is 0. The number of hydrogen-bond donors (Lipinski definition) is 2. The van der Waals surface area contributed by atoms with Crippen molar-refractivity contribution < 1.29 is 14.9 Å². The van der Waals surface area contributed by atoms with Gasteiger partial charge in [0, 0.05) is 5.57 Å². The van der Waals surface area contributed by atoms with Crippen molar-refractivity contribution >= 4 is 0 Å². The molecular weight excluding hydrogens is 144 g/mol. The van der Waals surface area contributed by atoms with Gasteiger partial charge in [0.2, 0.25) is 0 Å². The fraction of sp³-hybridized carbons (Fsp3) is 0.750. The Bertz CT molecular complexity index is 149. The molecule has 11 heavy (non-hydrogen) atoms. The number of allylic oxidation sites excluding steroid dienone is 1. The van der Waals surface area contributed by atoms with E-state index in [-0.39, 0.29) is 12.6 Å². The van der Waals surface area contributed by atoms with E-state index in [2.05, 4.69) is 0 Å². The summed E-state index contributed by atoms with van der Waals surface area (Å²) >= 11 is 0. The van der Waals surface area contributed by atoms with Gasteiger partial charge >= 0.3 is 0 Å². The van der Waals surface area contributed by atoms with E-state index in [4.69, 9.17) is 9.84 Å². The van der Waals surface area contributed by atoms with Gasteiger partial charge < -0.3 is 14.9 Å². The minimum Gasteiger partial charge on any atom is -0.481 e. The zero-order valence-electron chi connectivity index (χ0n) is 7.51. The Morgan fingerprint density at radius 3 is 2.09 bits per heavy atom. The molecule has 0 amide bonds. The molecule has 0 fully saturated rings. The first-order valence-corrected chi connectivity index (χ1v) is 3.54. The molecule has 0 aliphatic carbocycles. The Morgan fingerprint density at radius 1 is 1.36 bits per heavy atom. The summed E-state index contributed by atoms with van der Waals surface area (Å²) in [6.45, 7) is 6.81. The molecule has 66 valence electrons. The third-order valence-electron chi connectivity index (χ3n) is 0.990. The molecule has 0 aromatic carbocycles. The first kappa shape index (κ1) is 10.3. The highest BCUT2D eigenvalue weighted by Crippen LogP contribution is 2.06. The Hall–Kier alpha value is -0.700. The van der Waals surface area contributed by atoms with Gasteiger partial charge in [-0.05, 0) is 27.7 Å². The summed E-state index contributed by atoms with van der Waals surface area (Å²) in [7, 11) is 0. The monoisotopic (exact) mass is 160 g/mol. The zero-order chi connectivity index (χ0) is 9.07. The molecule has 0 atom stereocenters. The maximum Gasteiger partial charge on any atom is 0.275 e. The van der Waals surface area contributed by atoms with Crippen LogP contribution in [0.2, 0.25) is 0 Å². The van der Waals surface area contributed by atoms with Crippen molar-refractivity contribution in [2.75, 3.05) is 6.61 Å². The van der Waals surface area contributed by atoms with Gasteiger partial charge in [0.1, 0.15) is 6.61 Å². The van der Waals surface area contributed by atoms with Crippen LogP contribution in [0, 0.1) is 0 Å². The lowest BCUT2D eigenvalue weighted by atomic mass is 10.2.